The van der Waals surface area contributed by atoms with Crippen molar-refractivity contribution in [2.24, 2.45) is 0 Å². The fourth-order valence-electron chi connectivity index (χ4n) is 2.37. The van der Waals surface area contributed by atoms with Crippen LogP contribution in [0.2, 0.25) is 0 Å². The summed E-state index contributed by atoms with van der Waals surface area (Å²) in [4.78, 5) is 16.2. The number of rotatable bonds is 5. The lowest BCUT2D eigenvalue weighted by Gasteiger charge is -2.02. The molecule has 3 aromatic rings. The zero-order chi connectivity index (χ0) is 15.5. The molecule has 3 aromatic heterocycles. The van der Waals surface area contributed by atoms with Gasteiger partial charge in [0.1, 0.15) is 18.0 Å². The quantitative estimate of drug-likeness (QED) is 0.677. The van der Waals surface area contributed by atoms with E-state index in [-0.39, 0.29) is 12.6 Å². The van der Waals surface area contributed by atoms with Gasteiger partial charge in [0.2, 0.25) is 0 Å². The van der Waals surface area contributed by atoms with Crippen LogP contribution in [0.5, 0.6) is 0 Å². The van der Waals surface area contributed by atoms with Crippen LogP contribution in [0.4, 0.5) is 0 Å². The molecule has 0 amide bonds. The van der Waals surface area contributed by atoms with Crippen molar-refractivity contribution in [1.82, 2.24) is 14.5 Å². The molecule has 0 radical (unpaired) electrons. The number of carbonyl (C=O) groups excluding carboxylic acids is 1. The molecule has 0 aliphatic carbocycles. The minimum Gasteiger partial charge on any atom is -0.459 e. The number of carbonyl (C=O) groups is 1. The van der Waals surface area contributed by atoms with Gasteiger partial charge in [-0.25, -0.2) is 4.98 Å². The van der Waals surface area contributed by atoms with Crippen molar-refractivity contribution in [3.05, 3.63) is 53.3 Å². The second-order valence-corrected chi connectivity index (χ2v) is 5.16. The third-order valence-electron chi connectivity index (χ3n) is 3.56. The van der Waals surface area contributed by atoms with E-state index in [9.17, 15) is 4.79 Å². The Balaban J connectivity index is 1.54. The highest BCUT2D eigenvalue weighted by atomic mass is 16.5. The first-order valence-electron chi connectivity index (χ1n) is 7.13. The number of fused-ring (bicyclic) bond motifs is 1. The number of aryl methyl sites for hydroxylation is 2. The fourth-order valence-corrected chi connectivity index (χ4v) is 2.37. The molecule has 0 aliphatic heterocycles. The first-order chi connectivity index (χ1) is 10.6. The van der Waals surface area contributed by atoms with E-state index in [4.69, 9.17) is 9.26 Å². The molecule has 0 unspecified atom stereocenters. The molecular weight excluding hydrogens is 282 g/mol. The van der Waals surface area contributed by atoms with Crippen molar-refractivity contribution in [3.8, 4) is 0 Å². The molecule has 22 heavy (non-hydrogen) atoms. The lowest BCUT2D eigenvalue weighted by atomic mass is 10.1. The molecule has 114 valence electrons. The summed E-state index contributed by atoms with van der Waals surface area (Å²) in [5.41, 5.74) is 3.37. The van der Waals surface area contributed by atoms with E-state index in [2.05, 4.69) is 10.1 Å². The van der Waals surface area contributed by atoms with E-state index >= 15 is 0 Å². The van der Waals surface area contributed by atoms with Gasteiger partial charge in [-0.3, -0.25) is 4.79 Å². The molecule has 3 rings (SSSR count). The summed E-state index contributed by atoms with van der Waals surface area (Å²) in [5, 5.41) is 3.87. The third-order valence-corrected chi connectivity index (χ3v) is 3.56. The maximum atomic E-state index is 11.8. The maximum Gasteiger partial charge on any atom is 0.306 e. The van der Waals surface area contributed by atoms with Crippen LogP contribution >= 0.6 is 0 Å². The van der Waals surface area contributed by atoms with Gasteiger partial charge < -0.3 is 13.7 Å². The van der Waals surface area contributed by atoms with E-state index in [0.717, 1.165) is 28.4 Å². The Bertz CT molecular complexity index is 751. The SMILES string of the molecule is Cc1noc(C)c1CCC(=O)OCc1cn2ccccc2n1. The van der Waals surface area contributed by atoms with Crippen molar-refractivity contribution in [2.75, 3.05) is 0 Å². The van der Waals surface area contributed by atoms with Crippen LogP contribution in [0.3, 0.4) is 0 Å². The van der Waals surface area contributed by atoms with Gasteiger partial charge in [-0.15, -0.1) is 0 Å². The Morgan fingerprint density at radius 1 is 1.36 bits per heavy atom. The average Bonchev–Trinajstić information content (AvgIpc) is 3.07. The number of hydrogen-bond acceptors (Lipinski definition) is 5. The van der Waals surface area contributed by atoms with Gasteiger partial charge in [0.15, 0.2) is 0 Å². The fraction of sp³-hybridized carbons (Fsp3) is 0.312. The number of nitrogens with zero attached hydrogens (tertiary/aromatic N) is 3. The summed E-state index contributed by atoms with van der Waals surface area (Å²) in [6, 6.07) is 5.75. The van der Waals surface area contributed by atoms with Crippen LogP contribution < -0.4 is 0 Å². The molecule has 0 saturated carbocycles. The number of aromatic nitrogens is 3. The van der Waals surface area contributed by atoms with Crippen LogP contribution in [-0.4, -0.2) is 20.5 Å². The maximum absolute atomic E-state index is 11.8. The standard InChI is InChI=1S/C16H17N3O3/c1-11-14(12(2)22-18-11)6-7-16(20)21-10-13-9-19-8-4-3-5-15(19)17-13/h3-5,8-9H,6-7,10H2,1-2H3. The lowest BCUT2D eigenvalue weighted by molar-refractivity contribution is -0.145. The van der Waals surface area contributed by atoms with E-state index in [1.54, 1.807) is 0 Å². The Kier molecular flexibility index (Phi) is 3.91. The van der Waals surface area contributed by atoms with Crippen LogP contribution in [-0.2, 0) is 22.6 Å². The summed E-state index contributed by atoms with van der Waals surface area (Å²) in [7, 11) is 0. The van der Waals surface area contributed by atoms with Gasteiger partial charge in [-0.1, -0.05) is 11.2 Å². The minimum atomic E-state index is -0.253. The van der Waals surface area contributed by atoms with Crippen molar-refractivity contribution < 1.29 is 14.1 Å². The molecule has 0 spiro atoms. The van der Waals surface area contributed by atoms with Crippen molar-refractivity contribution in [2.45, 2.75) is 33.3 Å². The summed E-state index contributed by atoms with van der Waals surface area (Å²) < 4.78 is 12.2. The third kappa shape index (κ3) is 3.00. The molecule has 0 bridgehead atoms. The number of imidazole rings is 1. The van der Waals surface area contributed by atoms with Gasteiger partial charge in [0, 0.05) is 24.4 Å². The number of pyridine rings is 1. The normalized spacial score (nSPS) is 11.0. The molecule has 6 nitrogen and oxygen atoms in total. The topological polar surface area (TPSA) is 69.6 Å². The zero-order valence-corrected chi connectivity index (χ0v) is 12.6. The van der Waals surface area contributed by atoms with Crippen LogP contribution in [0.1, 0.15) is 29.1 Å². The molecule has 0 atom stereocenters. The van der Waals surface area contributed by atoms with E-state index in [1.807, 2.05) is 48.8 Å². The Morgan fingerprint density at radius 2 is 2.23 bits per heavy atom. The molecule has 0 N–H and O–H groups in total. The molecule has 0 aromatic carbocycles. The van der Waals surface area contributed by atoms with Crippen LogP contribution in [0.25, 0.3) is 5.65 Å². The second kappa shape index (κ2) is 6.01. The van der Waals surface area contributed by atoms with Crippen molar-refractivity contribution in [3.63, 3.8) is 0 Å². The van der Waals surface area contributed by atoms with Gasteiger partial charge in [0.25, 0.3) is 0 Å². The highest BCUT2D eigenvalue weighted by Gasteiger charge is 2.12. The highest BCUT2D eigenvalue weighted by molar-refractivity contribution is 5.69. The summed E-state index contributed by atoms with van der Waals surface area (Å²) in [6.07, 6.45) is 4.64. The summed E-state index contributed by atoms with van der Waals surface area (Å²) in [6.45, 7) is 3.90. The Labute approximate surface area is 127 Å². The molecule has 3 heterocycles. The van der Waals surface area contributed by atoms with E-state index in [0.29, 0.717) is 12.8 Å². The second-order valence-electron chi connectivity index (χ2n) is 5.16. The van der Waals surface area contributed by atoms with E-state index < -0.39 is 0 Å². The monoisotopic (exact) mass is 299 g/mol. The highest BCUT2D eigenvalue weighted by Crippen LogP contribution is 2.15. The first-order valence-corrected chi connectivity index (χ1v) is 7.13. The molecule has 0 saturated heterocycles. The van der Waals surface area contributed by atoms with Gasteiger partial charge in [0.05, 0.1) is 11.4 Å². The smallest absolute Gasteiger partial charge is 0.306 e. The van der Waals surface area contributed by atoms with Gasteiger partial charge in [-0.2, -0.15) is 0 Å². The van der Waals surface area contributed by atoms with Crippen LogP contribution in [0.15, 0.2) is 35.1 Å². The predicted molar refractivity (Wildman–Crippen MR) is 79.3 cm³/mol. The predicted octanol–water partition coefficient (Wildman–Crippen LogP) is 2.62. The zero-order valence-electron chi connectivity index (χ0n) is 12.6. The molecule has 6 heteroatoms. The average molecular weight is 299 g/mol. The van der Waals surface area contributed by atoms with Crippen molar-refractivity contribution >= 4 is 11.6 Å². The lowest BCUT2D eigenvalue weighted by Crippen LogP contribution is -2.06. The van der Waals surface area contributed by atoms with Gasteiger partial charge in [-0.05, 0) is 32.4 Å². The Hall–Kier alpha value is -2.63. The van der Waals surface area contributed by atoms with Crippen LogP contribution in [0, 0.1) is 13.8 Å². The number of hydrogen-bond donors (Lipinski definition) is 0. The summed E-state index contributed by atoms with van der Waals surface area (Å²) in [5.74, 6) is 0.503. The largest absolute Gasteiger partial charge is 0.459 e. The first kappa shape index (κ1) is 14.3. The van der Waals surface area contributed by atoms with Gasteiger partial charge >= 0.3 is 5.97 Å². The number of ether oxygens (including phenoxy) is 1. The summed E-state index contributed by atoms with van der Waals surface area (Å²) >= 11 is 0. The molecule has 0 aliphatic rings. The minimum absolute atomic E-state index is 0.183. The number of esters is 1. The molecular formula is C16H17N3O3. The van der Waals surface area contributed by atoms with Crippen molar-refractivity contribution in [1.29, 1.82) is 0 Å². The Morgan fingerprint density at radius 3 is 2.95 bits per heavy atom. The van der Waals surface area contributed by atoms with E-state index in [1.165, 1.54) is 0 Å². The molecule has 0 fully saturated rings.